The fourth-order valence-corrected chi connectivity index (χ4v) is 4.29. The number of hydrogen-bond donors (Lipinski definition) is 2. The molecule has 0 aliphatic rings. The molecule has 6 nitrogen and oxygen atoms in total. The number of methoxy groups -OCH3 is 1. The van der Waals surface area contributed by atoms with Gasteiger partial charge in [0.15, 0.2) is 0 Å². The molecule has 8 heteroatoms. The first-order valence-electron chi connectivity index (χ1n) is 8.83. The molecule has 152 valence electrons. The number of anilines is 1. The molecule has 0 saturated heterocycles. The van der Waals surface area contributed by atoms with Gasteiger partial charge >= 0.3 is 0 Å². The highest BCUT2D eigenvalue weighted by Crippen LogP contribution is 2.28. The topological polar surface area (TPSA) is 84.5 Å². The third-order valence-electron chi connectivity index (χ3n) is 4.33. The lowest BCUT2D eigenvalue weighted by atomic mass is 9.98. The summed E-state index contributed by atoms with van der Waals surface area (Å²) >= 11 is 6.01. The van der Waals surface area contributed by atoms with E-state index in [1.54, 1.807) is 0 Å². The van der Waals surface area contributed by atoms with Crippen LogP contribution >= 0.6 is 11.6 Å². The van der Waals surface area contributed by atoms with Gasteiger partial charge in [-0.05, 0) is 49.1 Å². The second-order valence-corrected chi connectivity index (χ2v) is 8.94. The lowest BCUT2D eigenvalue weighted by molar-refractivity contribution is -0.117. The molecular formula is C20H25ClN2O4S. The van der Waals surface area contributed by atoms with Crippen molar-refractivity contribution in [3.8, 4) is 5.75 Å². The van der Waals surface area contributed by atoms with Gasteiger partial charge in [0.1, 0.15) is 5.75 Å². The molecule has 1 amide bonds. The number of hydrogen-bond acceptors (Lipinski definition) is 4. The van der Waals surface area contributed by atoms with Crippen LogP contribution in [0.2, 0.25) is 5.02 Å². The van der Waals surface area contributed by atoms with Crippen molar-refractivity contribution in [2.45, 2.75) is 44.6 Å². The standard InChI is InChI=1S/C20H25ClN2O4S/c1-12(2)16-8-6-7-13(3)19(16)22-20(24)14(4)23-28(25,26)15-9-10-18(27-5)17(21)11-15/h6-12,14,23H,1-5H3,(H,22,24)/t14-/m0/s1. The minimum atomic E-state index is -3.93. The second kappa shape index (κ2) is 8.94. The van der Waals surface area contributed by atoms with E-state index in [0.29, 0.717) is 11.4 Å². The van der Waals surface area contributed by atoms with E-state index in [1.165, 1.54) is 32.2 Å². The third kappa shape index (κ3) is 5.04. The molecule has 2 aromatic carbocycles. The molecule has 0 heterocycles. The van der Waals surface area contributed by atoms with Gasteiger partial charge < -0.3 is 10.1 Å². The number of para-hydroxylation sites is 1. The Morgan fingerprint density at radius 3 is 2.39 bits per heavy atom. The molecule has 2 aromatic rings. The van der Waals surface area contributed by atoms with Gasteiger partial charge in [0.2, 0.25) is 15.9 Å². The van der Waals surface area contributed by atoms with Gasteiger partial charge in [-0.25, -0.2) is 8.42 Å². The molecule has 0 unspecified atom stereocenters. The predicted molar refractivity (Wildman–Crippen MR) is 112 cm³/mol. The summed E-state index contributed by atoms with van der Waals surface area (Å²) in [6.07, 6.45) is 0. The van der Waals surface area contributed by atoms with Crippen LogP contribution in [0.4, 0.5) is 5.69 Å². The van der Waals surface area contributed by atoms with Crippen molar-refractivity contribution in [3.05, 3.63) is 52.5 Å². The van der Waals surface area contributed by atoms with E-state index in [4.69, 9.17) is 16.3 Å². The largest absolute Gasteiger partial charge is 0.495 e. The number of amides is 1. The van der Waals surface area contributed by atoms with E-state index >= 15 is 0 Å². The van der Waals surface area contributed by atoms with Crippen molar-refractivity contribution < 1.29 is 17.9 Å². The van der Waals surface area contributed by atoms with Crippen molar-refractivity contribution in [1.29, 1.82) is 0 Å². The minimum Gasteiger partial charge on any atom is -0.495 e. The van der Waals surface area contributed by atoms with Crippen molar-refractivity contribution in [2.75, 3.05) is 12.4 Å². The van der Waals surface area contributed by atoms with E-state index in [1.807, 2.05) is 39.0 Å². The molecule has 0 radical (unpaired) electrons. The number of rotatable bonds is 7. The molecule has 0 fully saturated rings. The monoisotopic (exact) mass is 424 g/mol. The Hall–Kier alpha value is -2.09. The molecule has 1 atom stereocenters. The summed E-state index contributed by atoms with van der Waals surface area (Å²) in [5.41, 5.74) is 2.61. The minimum absolute atomic E-state index is 0.0447. The Morgan fingerprint density at radius 1 is 1.14 bits per heavy atom. The van der Waals surface area contributed by atoms with Crippen LogP contribution in [0.5, 0.6) is 5.75 Å². The SMILES string of the molecule is COc1ccc(S(=O)(=O)N[C@@H](C)C(=O)Nc2c(C)cccc2C(C)C)cc1Cl. The molecule has 2 rings (SSSR count). The van der Waals surface area contributed by atoms with Crippen LogP contribution in [0.1, 0.15) is 37.8 Å². The summed E-state index contributed by atoms with van der Waals surface area (Å²) in [5.74, 6) is 0.134. The average Bonchev–Trinajstić information content (AvgIpc) is 2.62. The van der Waals surface area contributed by atoms with Gasteiger partial charge in [0, 0.05) is 5.69 Å². The van der Waals surface area contributed by atoms with Crippen LogP contribution in [-0.4, -0.2) is 27.5 Å². The second-order valence-electron chi connectivity index (χ2n) is 6.82. The van der Waals surface area contributed by atoms with Crippen LogP contribution in [0.15, 0.2) is 41.3 Å². The lowest BCUT2D eigenvalue weighted by Crippen LogP contribution is -2.41. The van der Waals surface area contributed by atoms with Gasteiger partial charge in [-0.1, -0.05) is 43.6 Å². The zero-order valence-corrected chi connectivity index (χ0v) is 18.1. The van der Waals surface area contributed by atoms with Gasteiger partial charge in [0.25, 0.3) is 0 Å². The first kappa shape index (κ1) is 22.2. The van der Waals surface area contributed by atoms with Crippen LogP contribution in [0.25, 0.3) is 0 Å². The first-order chi connectivity index (χ1) is 13.1. The van der Waals surface area contributed by atoms with E-state index < -0.39 is 22.0 Å². The number of carbonyl (C=O) groups is 1. The molecule has 28 heavy (non-hydrogen) atoms. The highest BCUT2D eigenvalue weighted by molar-refractivity contribution is 7.89. The maximum absolute atomic E-state index is 12.6. The Kier molecular flexibility index (Phi) is 7.09. The van der Waals surface area contributed by atoms with Crippen LogP contribution in [0, 0.1) is 6.92 Å². The maximum atomic E-state index is 12.6. The molecule has 0 saturated carbocycles. The van der Waals surface area contributed by atoms with Gasteiger partial charge in [-0.15, -0.1) is 0 Å². The van der Waals surface area contributed by atoms with E-state index in [-0.39, 0.29) is 15.8 Å². The normalized spacial score (nSPS) is 12.7. The highest BCUT2D eigenvalue weighted by Gasteiger charge is 2.24. The smallest absolute Gasteiger partial charge is 0.242 e. The molecule has 0 aliphatic heterocycles. The lowest BCUT2D eigenvalue weighted by Gasteiger charge is -2.19. The number of aryl methyl sites for hydroxylation is 1. The van der Waals surface area contributed by atoms with Crippen molar-refractivity contribution >= 4 is 33.2 Å². The Balaban J connectivity index is 2.20. The quantitative estimate of drug-likeness (QED) is 0.701. The number of carbonyl (C=O) groups excluding carboxylic acids is 1. The fraction of sp³-hybridized carbons (Fsp3) is 0.350. The van der Waals surface area contributed by atoms with E-state index in [0.717, 1.165) is 11.1 Å². The van der Waals surface area contributed by atoms with Gasteiger partial charge in [-0.2, -0.15) is 4.72 Å². The molecule has 0 aliphatic carbocycles. The number of benzene rings is 2. The summed E-state index contributed by atoms with van der Waals surface area (Å²) in [6.45, 7) is 7.45. The van der Waals surface area contributed by atoms with Crippen molar-refractivity contribution in [3.63, 3.8) is 0 Å². The van der Waals surface area contributed by atoms with Crippen molar-refractivity contribution in [1.82, 2.24) is 4.72 Å². The number of ether oxygens (including phenoxy) is 1. The van der Waals surface area contributed by atoms with Crippen LogP contribution in [-0.2, 0) is 14.8 Å². The highest BCUT2D eigenvalue weighted by atomic mass is 35.5. The fourth-order valence-electron chi connectivity index (χ4n) is 2.74. The Labute approximate surface area is 171 Å². The third-order valence-corrected chi connectivity index (χ3v) is 6.17. The zero-order valence-electron chi connectivity index (χ0n) is 16.5. The molecule has 0 bridgehead atoms. The summed E-state index contributed by atoms with van der Waals surface area (Å²) in [4.78, 5) is 12.6. The Morgan fingerprint density at radius 2 is 1.82 bits per heavy atom. The van der Waals surface area contributed by atoms with E-state index in [9.17, 15) is 13.2 Å². The Bertz CT molecular complexity index is 974. The summed E-state index contributed by atoms with van der Waals surface area (Å²) in [6, 6.07) is 8.91. The molecule has 2 N–H and O–H groups in total. The van der Waals surface area contributed by atoms with Crippen molar-refractivity contribution in [2.24, 2.45) is 0 Å². The summed E-state index contributed by atoms with van der Waals surface area (Å²) in [7, 11) is -2.49. The maximum Gasteiger partial charge on any atom is 0.242 e. The predicted octanol–water partition coefficient (Wildman–Crippen LogP) is 4.09. The average molecular weight is 425 g/mol. The van der Waals surface area contributed by atoms with Crippen LogP contribution < -0.4 is 14.8 Å². The first-order valence-corrected chi connectivity index (χ1v) is 10.7. The summed E-state index contributed by atoms with van der Waals surface area (Å²) in [5, 5.41) is 3.02. The summed E-state index contributed by atoms with van der Waals surface area (Å²) < 4.78 is 32.6. The zero-order chi connectivity index (χ0) is 21.1. The molecule has 0 aromatic heterocycles. The number of nitrogens with one attached hydrogen (secondary N) is 2. The number of sulfonamides is 1. The number of halogens is 1. The molecular weight excluding hydrogens is 400 g/mol. The van der Waals surface area contributed by atoms with Crippen LogP contribution in [0.3, 0.4) is 0 Å². The van der Waals surface area contributed by atoms with Gasteiger partial charge in [0.05, 0.1) is 23.1 Å². The van der Waals surface area contributed by atoms with Gasteiger partial charge in [-0.3, -0.25) is 4.79 Å². The molecule has 0 spiro atoms. The van der Waals surface area contributed by atoms with E-state index in [2.05, 4.69) is 10.0 Å².